The Bertz CT molecular complexity index is 640. The van der Waals surface area contributed by atoms with Crippen LogP contribution in [0.4, 0.5) is 5.69 Å². The van der Waals surface area contributed by atoms with Crippen LogP contribution < -0.4 is 4.90 Å². The maximum absolute atomic E-state index is 12.8. The van der Waals surface area contributed by atoms with Crippen LogP contribution in [-0.4, -0.2) is 24.8 Å². The minimum absolute atomic E-state index is 0.428. The molecular formula is C17H19NO4. The van der Waals surface area contributed by atoms with E-state index in [0.29, 0.717) is 11.4 Å². The highest BCUT2D eigenvalue weighted by molar-refractivity contribution is 6.27. The van der Waals surface area contributed by atoms with E-state index in [1.807, 2.05) is 26.8 Å². The topological polar surface area (TPSA) is 63.7 Å². The zero-order chi connectivity index (χ0) is 16.5. The van der Waals surface area contributed by atoms with E-state index in [9.17, 15) is 14.4 Å². The molecule has 0 fully saturated rings. The lowest BCUT2D eigenvalue weighted by molar-refractivity contribution is -0.152. The van der Waals surface area contributed by atoms with Gasteiger partial charge in [0.25, 0.3) is 5.91 Å². The number of hydrogen-bond acceptors (Lipinski definition) is 4. The smallest absolute Gasteiger partial charge is 0.326 e. The molecule has 0 saturated heterocycles. The van der Waals surface area contributed by atoms with Gasteiger partial charge in [-0.1, -0.05) is 39.0 Å². The van der Waals surface area contributed by atoms with E-state index in [1.54, 1.807) is 24.3 Å². The number of allylic oxidation sites excluding steroid dienone is 2. The summed E-state index contributed by atoms with van der Waals surface area (Å²) in [5, 5.41) is 0. The third kappa shape index (κ3) is 2.79. The van der Waals surface area contributed by atoms with Crippen molar-refractivity contribution in [2.45, 2.75) is 20.8 Å². The van der Waals surface area contributed by atoms with E-state index in [1.165, 1.54) is 18.1 Å². The quantitative estimate of drug-likeness (QED) is 0.621. The zero-order valence-electron chi connectivity index (χ0n) is 13.1. The van der Waals surface area contributed by atoms with Gasteiger partial charge in [-0.15, -0.1) is 0 Å². The van der Waals surface area contributed by atoms with Gasteiger partial charge in [-0.3, -0.25) is 19.3 Å². The summed E-state index contributed by atoms with van der Waals surface area (Å²) < 4.78 is 4.60. The van der Waals surface area contributed by atoms with Crippen LogP contribution in [0.3, 0.4) is 0 Å². The van der Waals surface area contributed by atoms with Crippen LogP contribution in [0, 0.1) is 11.3 Å². The van der Waals surface area contributed by atoms with Crippen molar-refractivity contribution in [3.63, 3.8) is 0 Å². The monoisotopic (exact) mass is 301 g/mol. The molecule has 2 rings (SSSR count). The number of carbonyl (C=O) groups excluding carboxylic acids is 3. The number of rotatable bonds is 2. The van der Waals surface area contributed by atoms with Crippen molar-refractivity contribution < 1.29 is 19.1 Å². The molecule has 1 aliphatic heterocycles. The molecule has 1 amide bonds. The highest BCUT2D eigenvalue weighted by atomic mass is 16.5. The lowest BCUT2D eigenvalue weighted by Crippen LogP contribution is -2.49. The van der Waals surface area contributed by atoms with Gasteiger partial charge < -0.3 is 4.74 Å². The van der Waals surface area contributed by atoms with Crippen molar-refractivity contribution in [1.82, 2.24) is 0 Å². The van der Waals surface area contributed by atoms with Crippen molar-refractivity contribution in [1.29, 1.82) is 0 Å². The first-order valence-corrected chi connectivity index (χ1v) is 7.00. The van der Waals surface area contributed by atoms with Crippen LogP contribution in [0.25, 0.3) is 0 Å². The SMILES string of the molecule is COC(=O)C1C(=O)C=C(C(C)(C)C)N(c2ccccc2)C1=O. The van der Waals surface area contributed by atoms with Crippen molar-refractivity contribution >= 4 is 23.3 Å². The van der Waals surface area contributed by atoms with Crippen molar-refractivity contribution in [2.75, 3.05) is 12.0 Å². The van der Waals surface area contributed by atoms with E-state index in [4.69, 9.17) is 0 Å². The number of carbonyl (C=O) groups is 3. The predicted molar refractivity (Wildman–Crippen MR) is 82.0 cm³/mol. The second kappa shape index (κ2) is 5.75. The summed E-state index contributed by atoms with van der Waals surface area (Å²) in [6.07, 6.45) is 1.37. The molecule has 0 aromatic heterocycles. The minimum atomic E-state index is -1.43. The summed E-state index contributed by atoms with van der Waals surface area (Å²) >= 11 is 0. The van der Waals surface area contributed by atoms with E-state index >= 15 is 0 Å². The van der Waals surface area contributed by atoms with Crippen LogP contribution in [0.2, 0.25) is 0 Å². The normalized spacial score (nSPS) is 19.0. The largest absolute Gasteiger partial charge is 0.468 e. The molecule has 0 spiro atoms. The predicted octanol–water partition coefficient (Wildman–Crippen LogP) is 2.32. The molecule has 0 saturated carbocycles. The molecule has 0 N–H and O–H groups in total. The van der Waals surface area contributed by atoms with Gasteiger partial charge in [-0.2, -0.15) is 0 Å². The average Bonchev–Trinajstić information content (AvgIpc) is 2.46. The number of esters is 1. The second-order valence-corrected chi connectivity index (χ2v) is 6.15. The fourth-order valence-electron chi connectivity index (χ4n) is 2.38. The number of nitrogens with zero attached hydrogens (tertiary/aromatic N) is 1. The molecule has 0 aliphatic carbocycles. The standard InChI is InChI=1S/C17H19NO4/c1-17(2,3)13-10-12(19)14(16(21)22-4)15(20)18(13)11-8-6-5-7-9-11/h5-10,14H,1-4H3. The second-order valence-electron chi connectivity index (χ2n) is 6.15. The first-order valence-electron chi connectivity index (χ1n) is 7.00. The molecule has 1 aliphatic rings. The van der Waals surface area contributed by atoms with Crippen LogP contribution in [0.5, 0.6) is 0 Å². The van der Waals surface area contributed by atoms with Gasteiger partial charge in [-0.05, 0) is 12.1 Å². The van der Waals surface area contributed by atoms with Crippen LogP contribution >= 0.6 is 0 Å². The van der Waals surface area contributed by atoms with Gasteiger partial charge in [0.2, 0.25) is 0 Å². The van der Waals surface area contributed by atoms with Crippen LogP contribution in [0.15, 0.2) is 42.1 Å². The number of anilines is 1. The molecule has 5 heteroatoms. The molecule has 0 radical (unpaired) electrons. The number of hydrogen-bond donors (Lipinski definition) is 0. The molecule has 1 atom stereocenters. The lowest BCUT2D eigenvalue weighted by Gasteiger charge is -2.37. The summed E-state index contributed by atoms with van der Waals surface area (Å²) in [6, 6.07) is 8.96. The van der Waals surface area contributed by atoms with Crippen molar-refractivity contribution in [3.8, 4) is 0 Å². The van der Waals surface area contributed by atoms with Gasteiger partial charge in [0.15, 0.2) is 11.7 Å². The molecular weight excluding hydrogens is 282 g/mol. The molecule has 1 aromatic carbocycles. The molecule has 1 aromatic rings. The maximum Gasteiger partial charge on any atom is 0.326 e. The van der Waals surface area contributed by atoms with E-state index < -0.39 is 29.0 Å². The number of methoxy groups -OCH3 is 1. The lowest BCUT2D eigenvalue weighted by atomic mass is 9.84. The summed E-state index contributed by atoms with van der Waals surface area (Å²) in [6.45, 7) is 5.73. The third-order valence-corrected chi connectivity index (χ3v) is 3.49. The van der Waals surface area contributed by atoms with Crippen LogP contribution in [-0.2, 0) is 19.1 Å². The fraction of sp³-hybridized carbons (Fsp3) is 0.353. The van der Waals surface area contributed by atoms with Crippen LogP contribution in [0.1, 0.15) is 20.8 Å². The van der Waals surface area contributed by atoms with E-state index in [2.05, 4.69) is 4.74 Å². The summed E-state index contributed by atoms with van der Waals surface area (Å²) in [7, 11) is 1.17. The number of para-hydroxylation sites is 1. The Labute approximate surface area is 129 Å². The van der Waals surface area contributed by atoms with Gasteiger partial charge in [0, 0.05) is 22.9 Å². The number of ketones is 1. The molecule has 116 valence electrons. The summed E-state index contributed by atoms with van der Waals surface area (Å²) in [5.41, 5.74) is 0.756. The Hall–Kier alpha value is -2.43. The van der Waals surface area contributed by atoms with E-state index in [-0.39, 0.29) is 0 Å². The molecule has 0 bridgehead atoms. The van der Waals surface area contributed by atoms with Crippen molar-refractivity contribution in [3.05, 3.63) is 42.1 Å². The average molecular weight is 301 g/mol. The third-order valence-electron chi connectivity index (χ3n) is 3.49. The maximum atomic E-state index is 12.8. The Morgan fingerprint density at radius 1 is 1.14 bits per heavy atom. The molecule has 1 heterocycles. The number of amides is 1. The van der Waals surface area contributed by atoms with Crippen molar-refractivity contribution in [2.24, 2.45) is 11.3 Å². The summed E-state index contributed by atoms with van der Waals surface area (Å²) in [4.78, 5) is 38.2. The number of benzene rings is 1. The van der Waals surface area contributed by atoms with Gasteiger partial charge in [0.1, 0.15) is 0 Å². The highest BCUT2D eigenvalue weighted by Gasteiger charge is 2.44. The highest BCUT2D eigenvalue weighted by Crippen LogP contribution is 2.36. The minimum Gasteiger partial charge on any atom is -0.468 e. The molecule has 22 heavy (non-hydrogen) atoms. The Kier molecular flexibility index (Phi) is 4.17. The first kappa shape index (κ1) is 15.9. The Morgan fingerprint density at radius 3 is 2.23 bits per heavy atom. The molecule has 1 unspecified atom stereocenters. The Balaban J connectivity index is 2.60. The Morgan fingerprint density at radius 2 is 1.73 bits per heavy atom. The van der Waals surface area contributed by atoms with Gasteiger partial charge in [-0.25, -0.2) is 0 Å². The molecule has 5 nitrogen and oxygen atoms in total. The number of ether oxygens (including phenoxy) is 1. The zero-order valence-corrected chi connectivity index (χ0v) is 13.1. The fourth-order valence-corrected chi connectivity index (χ4v) is 2.38. The summed E-state index contributed by atoms with van der Waals surface area (Å²) in [5.74, 6) is -3.37. The first-order chi connectivity index (χ1) is 10.3. The van der Waals surface area contributed by atoms with Gasteiger partial charge >= 0.3 is 5.97 Å². The van der Waals surface area contributed by atoms with E-state index in [0.717, 1.165) is 0 Å². The van der Waals surface area contributed by atoms with Gasteiger partial charge in [0.05, 0.1) is 7.11 Å².